The van der Waals surface area contributed by atoms with Crippen molar-refractivity contribution in [1.82, 2.24) is 0 Å². The normalized spacial score (nSPS) is 19.4. The van der Waals surface area contributed by atoms with E-state index in [1.165, 1.54) is 22.3 Å². The first kappa shape index (κ1) is 10.9. The number of allylic oxidation sites excluding steroid dienone is 5. The largest absolute Gasteiger partial charge is 0.0909 e. The van der Waals surface area contributed by atoms with E-state index < -0.39 is 0 Å². The Morgan fingerprint density at radius 1 is 1.38 bits per heavy atom. The van der Waals surface area contributed by atoms with Crippen molar-refractivity contribution in [2.24, 2.45) is 5.92 Å². The zero-order valence-electron chi connectivity index (χ0n) is 10.0. The average Bonchev–Trinajstić information content (AvgIpc) is 2.28. The lowest BCUT2D eigenvalue weighted by Crippen LogP contribution is -1.99. The molecule has 0 heteroatoms. The Hall–Kier alpha value is -1.56. The number of hydrogen-bond donors (Lipinski definition) is 0. The molecule has 0 aromatic heterocycles. The van der Waals surface area contributed by atoms with Crippen molar-refractivity contribution in [2.75, 3.05) is 0 Å². The van der Waals surface area contributed by atoms with E-state index in [1.54, 1.807) is 0 Å². The maximum atomic E-state index is 4.22. The van der Waals surface area contributed by atoms with E-state index in [-0.39, 0.29) is 0 Å². The quantitative estimate of drug-likeness (QED) is 0.672. The number of benzene rings is 1. The van der Waals surface area contributed by atoms with E-state index in [9.17, 15) is 0 Å². The molecule has 0 spiro atoms. The fourth-order valence-corrected chi connectivity index (χ4v) is 2.09. The van der Waals surface area contributed by atoms with Crippen LogP contribution in [0.2, 0.25) is 0 Å². The molecule has 0 saturated carbocycles. The molecule has 0 radical (unpaired) electrons. The van der Waals surface area contributed by atoms with Crippen LogP contribution in [-0.4, -0.2) is 0 Å². The molecule has 1 unspecified atom stereocenters. The van der Waals surface area contributed by atoms with Gasteiger partial charge in [0.05, 0.1) is 0 Å². The molecule has 0 fully saturated rings. The minimum atomic E-state index is 0.626. The number of aryl methyl sites for hydroxylation is 1. The SMILES string of the molecule is C=C(C1=CC=CC(C)C1)c1cccc(C)c1. The van der Waals surface area contributed by atoms with Crippen molar-refractivity contribution in [1.29, 1.82) is 0 Å². The fourth-order valence-electron chi connectivity index (χ4n) is 2.09. The lowest BCUT2D eigenvalue weighted by molar-refractivity contribution is 0.721. The second kappa shape index (κ2) is 4.52. The molecule has 82 valence electrons. The Kier molecular flexibility index (Phi) is 3.09. The topological polar surface area (TPSA) is 0 Å². The zero-order valence-corrected chi connectivity index (χ0v) is 10.0. The molecule has 0 N–H and O–H groups in total. The molecule has 2 rings (SSSR count). The number of rotatable bonds is 2. The molecule has 1 aromatic rings. The van der Waals surface area contributed by atoms with Crippen molar-refractivity contribution >= 4 is 5.57 Å². The van der Waals surface area contributed by atoms with Crippen molar-refractivity contribution in [3.8, 4) is 0 Å². The van der Waals surface area contributed by atoms with Gasteiger partial charge in [0, 0.05) is 0 Å². The summed E-state index contributed by atoms with van der Waals surface area (Å²) < 4.78 is 0. The molecular weight excluding hydrogens is 192 g/mol. The maximum absolute atomic E-state index is 4.22. The van der Waals surface area contributed by atoms with Crippen molar-refractivity contribution in [3.05, 3.63) is 65.8 Å². The van der Waals surface area contributed by atoms with Gasteiger partial charge in [-0.05, 0) is 36.0 Å². The van der Waals surface area contributed by atoms with Gasteiger partial charge in [-0.3, -0.25) is 0 Å². The highest BCUT2D eigenvalue weighted by Crippen LogP contribution is 2.29. The monoisotopic (exact) mass is 210 g/mol. The third-order valence-corrected chi connectivity index (χ3v) is 3.03. The van der Waals surface area contributed by atoms with Crippen LogP contribution in [0, 0.1) is 12.8 Å². The van der Waals surface area contributed by atoms with Crippen molar-refractivity contribution < 1.29 is 0 Å². The van der Waals surface area contributed by atoms with Gasteiger partial charge in [0.15, 0.2) is 0 Å². The number of hydrogen-bond acceptors (Lipinski definition) is 0. The second-order valence-electron chi connectivity index (χ2n) is 4.61. The van der Waals surface area contributed by atoms with Crippen LogP contribution in [0.1, 0.15) is 24.5 Å². The third-order valence-electron chi connectivity index (χ3n) is 3.03. The first-order chi connectivity index (χ1) is 7.66. The van der Waals surface area contributed by atoms with Crippen LogP contribution in [0.25, 0.3) is 5.57 Å². The summed E-state index contributed by atoms with van der Waals surface area (Å²) in [4.78, 5) is 0. The first-order valence-electron chi connectivity index (χ1n) is 5.80. The second-order valence-corrected chi connectivity index (χ2v) is 4.61. The predicted molar refractivity (Wildman–Crippen MR) is 71.2 cm³/mol. The Labute approximate surface area is 98.0 Å². The maximum Gasteiger partial charge on any atom is -0.0185 e. The van der Waals surface area contributed by atoms with Gasteiger partial charge in [0.2, 0.25) is 0 Å². The molecule has 0 aliphatic heterocycles. The van der Waals surface area contributed by atoms with Crippen LogP contribution in [0.5, 0.6) is 0 Å². The smallest absolute Gasteiger partial charge is 0.0185 e. The van der Waals surface area contributed by atoms with Gasteiger partial charge < -0.3 is 0 Å². The van der Waals surface area contributed by atoms with Gasteiger partial charge in [-0.15, -0.1) is 0 Å². The fraction of sp³-hybridized carbons (Fsp3) is 0.250. The molecule has 1 aliphatic rings. The molecule has 0 amide bonds. The third kappa shape index (κ3) is 2.33. The highest BCUT2D eigenvalue weighted by Gasteiger charge is 2.10. The summed E-state index contributed by atoms with van der Waals surface area (Å²) in [7, 11) is 0. The van der Waals surface area contributed by atoms with E-state index in [2.05, 4.69) is 62.9 Å². The Bertz CT molecular complexity index is 461. The molecule has 0 bridgehead atoms. The molecule has 1 aromatic carbocycles. The van der Waals surface area contributed by atoms with Gasteiger partial charge in [-0.2, -0.15) is 0 Å². The summed E-state index contributed by atoms with van der Waals surface area (Å²) in [6.45, 7) is 8.58. The van der Waals surface area contributed by atoms with Crippen molar-refractivity contribution in [2.45, 2.75) is 20.3 Å². The predicted octanol–water partition coefficient (Wildman–Crippen LogP) is 4.53. The van der Waals surface area contributed by atoms with Crippen LogP contribution in [-0.2, 0) is 0 Å². The molecule has 1 aliphatic carbocycles. The molecule has 16 heavy (non-hydrogen) atoms. The van der Waals surface area contributed by atoms with Gasteiger partial charge in [0.1, 0.15) is 0 Å². The van der Waals surface area contributed by atoms with E-state index in [0.717, 1.165) is 6.42 Å². The summed E-state index contributed by atoms with van der Waals surface area (Å²) in [5, 5.41) is 0. The molecule has 0 nitrogen and oxygen atoms in total. The van der Waals surface area contributed by atoms with Crippen LogP contribution in [0.3, 0.4) is 0 Å². The Morgan fingerprint density at radius 3 is 2.88 bits per heavy atom. The van der Waals surface area contributed by atoms with Crippen LogP contribution in [0.4, 0.5) is 0 Å². The highest BCUT2D eigenvalue weighted by atomic mass is 14.2. The van der Waals surface area contributed by atoms with E-state index in [4.69, 9.17) is 0 Å². The minimum Gasteiger partial charge on any atom is -0.0909 e. The minimum absolute atomic E-state index is 0.626. The summed E-state index contributed by atoms with van der Waals surface area (Å²) in [6, 6.07) is 8.55. The average molecular weight is 210 g/mol. The van der Waals surface area contributed by atoms with E-state index in [1.807, 2.05) is 0 Å². The molecular formula is C16H18. The van der Waals surface area contributed by atoms with Gasteiger partial charge in [0.25, 0.3) is 0 Å². The summed E-state index contributed by atoms with van der Waals surface area (Å²) >= 11 is 0. The van der Waals surface area contributed by atoms with E-state index in [0.29, 0.717) is 5.92 Å². The Balaban J connectivity index is 2.26. The summed E-state index contributed by atoms with van der Waals surface area (Å²) in [5.41, 5.74) is 5.06. The lowest BCUT2D eigenvalue weighted by atomic mass is 9.88. The van der Waals surface area contributed by atoms with Crippen molar-refractivity contribution in [3.63, 3.8) is 0 Å². The molecule has 0 saturated heterocycles. The summed E-state index contributed by atoms with van der Waals surface area (Å²) in [5.74, 6) is 0.626. The van der Waals surface area contributed by atoms with Crippen LogP contribution in [0.15, 0.2) is 54.6 Å². The van der Waals surface area contributed by atoms with Gasteiger partial charge >= 0.3 is 0 Å². The van der Waals surface area contributed by atoms with Gasteiger partial charge in [-0.25, -0.2) is 0 Å². The molecule has 0 heterocycles. The van der Waals surface area contributed by atoms with Crippen LogP contribution < -0.4 is 0 Å². The Morgan fingerprint density at radius 2 is 2.19 bits per heavy atom. The van der Waals surface area contributed by atoms with Gasteiger partial charge in [-0.1, -0.05) is 61.6 Å². The molecule has 1 atom stereocenters. The van der Waals surface area contributed by atoms with Crippen LogP contribution >= 0.6 is 0 Å². The zero-order chi connectivity index (χ0) is 11.5. The lowest BCUT2D eigenvalue weighted by Gasteiger charge is -2.17. The summed E-state index contributed by atoms with van der Waals surface area (Å²) in [6.07, 6.45) is 7.67. The highest BCUT2D eigenvalue weighted by molar-refractivity contribution is 5.78. The standard InChI is InChI=1S/C16H18/c1-12-6-4-8-15(10-12)14(3)16-9-5-7-13(2)11-16/h4-10,13H,3,11H2,1-2H3. The van der Waals surface area contributed by atoms with E-state index >= 15 is 0 Å². The first-order valence-corrected chi connectivity index (χ1v) is 5.80.